The lowest BCUT2D eigenvalue weighted by molar-refractivity contribution is -0.116. The number of H-pyrrole nitrogens is 1. The number of aryl methyl sites for hydroxylation is 2. The SMILES string of the molecule is O=C(CCc1ccccc1)Nc1cc(-c2cccs2)nn1-c1nc2c(c(=O)[nH]1)CCCC2. The lowest BCUT2D eigenvalue weighted by atomic mass is 9.97. The zero-order valence-electron chi connectivity index (χ0n) is 17.5. The lowest BCUT2D eigenvalue weighted by Crippen LogP contribution is -2.24. The first-order valence-corrected chi connectivity index (χ1v) is 11.7. The van der Waals surface area contributed by atoms with E-state index in [0.717, 1.165) is 53.1 Å². The maximum absolute atomic E-state index is 12.7. The fourth-order valence-corrected chi connectivity index (χ4v) is 4.66. The van der Waals surface area contributed by atoms with Crippen molar-refractivity contribution in [2.45, 2.75) is 38.5 Å². The number of nitrogens with zero attached hydrogens (tertiary/aromatic N) is 3. The van der Waals surface area contributed by atoms with Crippen LogP contribution < -0.4 is 10.9 Å². The summed E-state index contributed by atoms with van der Waals surface area (Å²) in [4.78, 5) is 33.9. The molecule has 0 atom stereocenters. The first-order valence-electron chi connectivity index (χ1n) is 10.8. The van der Waals surface area contributed by atoms with Crippen LogP contribution in [-0.4, -0.2) is 25.7 Å². The molecule has 0 radical (unpaired) electrons. The highest BCUT2D eigenvalue weighted by molar-refractivity contribution is 7.13. The van der Waals surface area contributed by atoms with E-state index in [1.54, 1.807) is 11.3 Å². The quantitative estimate of drug-likeness (QED) is 0.467. The number of carbonyl (C=O) groups excluding carboxylic acids is 1. The summed E-state index contributed by atoms with van der Waals surface area (Å²) in [5.41, 5.74) is 3.29. The number of rotatable bonds is 6. The molecule has 5 rings (SSSR count). The van der Waals surface area contributed by atoms with Gasteiger partial charge in [-0.2, -0.15) is 9.78 Å². The van der Waals surface area contributed by atoms with E-state index >= 15 is 0 Å². The van der Waals surface area contributed by atoms with Gasteiger partial charge in [-0.1, -0.05) is 36.4 Å². The van der Waals surface area contributed by atoms with Crippen LogP contribution in [0.3, 0.4) is 0 Å². The van der Waals surface area contributed by atoms with Crippen molar-refractivity contribution in [3.05, 3.63) is 81.1 Å². The van der Waals surface area contributed by atoms with Gasteiger partial charge in [0.15, 0.2) is 0 Å². The topological polar surface area (TPSA) is 92.7 Å². The van der Waals surface area contributed by atoms with Crippen LogP contribution in [0.4, 0.5) is 5.82 Å². The minimum atomic E-state index is -0.126. The van der Waals surface area contributed by atoms with E-state index in [1.807, 2.05) is 53.9 Å². The van der Waals surface area contributed by atoms with Crippen LogP contribution in [0.15, 0.2) is 58.7 Å². The largest absolute Gasteiger partial charge is 0.310 e. The Morgan fingerprint density at radius 1 is 1.12 bits per heavy atom. The number of hydrogen-bond acceptors (Lipinski definition) is 5. The predicted octanol–water partition coefficient (Wildman–Crippen LogP) is 4.13. The fourth-order valence-electron chi connectivity index (χ4n) is 3.97. The lowest BCUT2D eigenvalue weighted by Gasteiger charge is -2.15. The Labute approximate surface area is 189 Å². The summed E-state index contributed by atoms with van der Waals surface area (Å²) in [5.74, 6) is 0.704. The molecule has 4 aromatic rings. The molecule has 0 fully saturated rings. The highest BCUT2D eigenvalue weighted by Gasteiger charge is 2.20. The molecule has 162 valence electrons. The molecule has 3 heterocycles. The van der Waals surface area contributed by atoms with Crippen LogP contribution in [0.25, 0.3) is 16.5 Å². The molecule has 0 spiro atoms. The fraction of sp³-hybridized carbons (Fsp3) is 0.250. The zero-order valence-corrected chi connectivity index (χ0v) is 18.3. The molecule has 0 saturated heterocycles. The number of anilines is 1. The number of hydrogen-bond donors (Lipinski definition) is 2. The van der Waals surface area contributed by atoms with Crippen molar-refractivity contribution in [1.29, 1.82) is 0 Å². The van der Waals surface area contributed by atoms with Crippen molar-refractivity contribution in [3.63, 3.8) is 0 Å². The summed E-state index contributed by atoms with van der Waals surface area (Å²) in [5, 5.41) is 9.61. The molecular formula is C24H23N5O2S. The summed E-state index contributed by atoms with van der Waals surface area (Å²) < 4.78 is 1.53. The third kappa shape index (κ3) is 4.27. The molecule has 2 N–H and O–H groups in total. The van der Waals surface area contributed by atoms with Crippen LogP contribution in [0.2, 0.25) is 0 Å². The van der Waals surface area contributed by atoms with Crippen LogP contribution in [0.5, 0.6) is 0 Å². The van der Waals surface area contributed by atoms with Crippen LogP contribution in [0.1, 0.15) is 36.1 Å². The van der Waals surface area contributed by atoms with E-state index in [0.29, 0.717) is 24.6 Å². The van der Waals surface area contributed by atoms with Gasteiger partial charge >= 0.3 is 0 Å². The first kappa shape index (κ1) is 20.4. The zero-order chi connectivity index (χ0) is 21.9. The van der Waals surface area contributed by atoms with E-state index in [-0.39, 0.29) is 11.5 Å². The van der Waals surface area contributed by atoms with Crippen LogP contribution in [0, 0.1) is 0 Å². The average molecular weight is 446 g/mol. The van der Waals surface area contributed by atoms with Crippen molar-refractivity contribution < 1.29 is 4.79 Å². The number of amides is 1. The van der Waals surface area contributed by atoms with Gasteiger partial charge in [0.1, 0.15) is 11.5 Å². The normalized spacial score (nSPS) is 13.0. The molecule has 7 nitrogen and oxygen atoms in total. The molecule has 1 amide bonds. The highest BCUT2D eigenvalue weighted by atomic mass is 32.1. The minimum Gasteiger partial charge on any atom is -0.310 e. The number of aromatic nitrogens is 4. The molecular weight excluding hydrogens is 422 g/mol. The Morgan fingerprint density at radius 3 is 2.78 bits per heavy atom. The Hall–Kier alpha value is -3.52. The van der Waals surface area contributed by atoms with Gasteiger partial charge in [-0.3, -0.25) is 14.6 Å². The Balaban J connectivity index is 1.46. The molecule has 1 aliphatic rings. The number of aromatic amines is 1. The second-order valence-electron chi connectivity index (χ2n) is 7.86. The van der Waals surface area contributed by atoms with E-state index in [2.05, 4.69) is 15.4 Å². The number of fused-ring (bicyclic) bond motifs is 1. The van der Waals surface area contributed by atoms with Gasteiger partial charge in [0, 0.05) is 18.1 Å². The van der Waals surface area contributed by atoms with Crippen LogP contribution in [-0.2, 0) is 24.1 Å². The number of carbonyl (C=O) groups is 1. The van der Waals surface area contributed by atoms with Crippen molar-refractivity contribution in [3.8, 4) is 16.5 Å². The molecule has 0 aliphatic heterocycles. The smallest absolute Gasteiger partial charge is 0.255 e. The van der Waals surface area contributed by atoms with Gasteiger partial charge in [-0.15, -0.1) is 11.3 Å². The number of benzene rings is 1. The Morgan fingerprint density at radius 2 is 1.97 bits per heavy atom. The third-order valence-electron chi connectivity index (χ3n) is 5.61. The van der Waals surface area contributed by atoms with E-state index in [1.165, 1.54) is 4.68 Å². The number of thiophene rings is 1. The van der Waals surface area contributed by atoms with Gasteiger partial charge < -0.3 is 5.32 Å². The van der Waals surface area contributed by atoms with E-state index < -0.39 is 0 Å². The maximum atomic E-state index is 12.7. The van der Waals surface area contributed by atoms with Crippen molar-refractivity contribution in [2.75, 3.05) is 5.32 Å². The van der Waals surface area contributed by atoms with Gasteiger partial charge in [0.05, 0.1) is 10.6 Å². The van der Waals surface area contributed by atoms with Gasteiger partial charge in [-0.25, -0.2) is 4.98 Å². The van der Waals surface area contributed by atoms with Gasteiger partial charge in [0.2, 0.25) is 11.9 Å². The Kier molecular flexibility index (Phi) is 5.68. The third-order valence-corrected chi connectivity index (χ3v) is 6.51. The first-order chi connectivity index (χ1) is 15.7. The second kappa shape index (κ2) is 8.92. The Bertz CT molecular complexity index is 1290. The highest BCUT2D eigenvalue weighted by Crippen LogP contribution is 2.28. The second-order valence-corrected chi connectivity index (χ2v) is 8.81. The molecule has 32 heavy (non-hydrogen) atoms. The van der Waals surface area contributed by atoms with Gasteiger partial charge in [0.25, 0.3) is 5.56 Å². The molecule has 0 bridgehead atoms. The summed E-state index contributed by atoms with van der Waals surface area (Å²) in [6.07, 6.45) is 4.55. The van der Waals surface area contributed by atoms with Gasteiger partial charge in [-0.05, 0) is 49.1 Å². The molecule has 3 aromatic heterocycles. The average Bonchev–Trinajstić information content (AvgIpc) is 3.49. The van der Waals surface area contributed by atoms with Crippen LogP contribution >= 0.6 is 11.3 Å². The summed E-state index contributed by atoms with van der Waals surface area (Å²) in [6.45, 7) is 0. The predicted molar refractivity (Wildman–Crippen MR) is 125 cm³/mol. The molecule has 0 unspecified atom stereocenters. The van der Waals surface area contributed by atoms with E-state index in [4.69, 9.17) is 4.98 Å². The molecule has 1 aliphatic carbocycles. The summed E-state index contributed by atoms with van der Waals surface area (Å²) in [7, 11) is 0. The summed E-state index contributed by atoms with van der Waals surface area (Å²) in [6, 6.07) is 15.7. The van der Waals surface area contributed by atoms with E-state index in [9.17, 15) is 9.59 Å². The molecule has 1 aromatic carbocycles. The molecule has 0 saturated carbocycles. The van der Waals surface area contributed by atoms with Crippen molar-refractivity contribution in [2.24, 2.45) is 0 Å². The minimum absolute atomic E-state index is 0.118. The molecule has 8 heteroatoms. The monoisotopic (exact) mass is 445 g/mol. The summed E-state index contributed by atoms with van der Waals surface area (Å²) >= 11 is 1.56. The number of nitrogens with one attached hydrogen (secondary N) is 2. The standard InChI is InChI=1S/C24H23N5O2S/c30-22(13-12-16-7-2-1-3-8-16)26-21-15-19(20-11-6-14-32-20)28-29(21)24-25-18-10-5-4-9-17(18)23(31)27-24/h1-3,6-8,11,14-15H,4-5,9-10,12-13H2,(H,26,30)(H,25,27,31). The van der Waals surface area contributed by atoms with Crippen molar-refractivity contribution in [1.82, 2.24) is 19.7 Å². The maximum Gasteiger partial charge on any atom is 0.255 e. The van der Waals surface area contributed by atoms with Crippen molar-refractivity contribution >= 4 is 23.1 Å².